The Morgan fingerprint density at radius 1 is 1.00 bits per heavy atom. The summed E-state index contributed by atoms with van der Waals surface area (Å²) in [6.45, 7) is 9.31. The maximum absolute atomic E-state index is 16.1. The van der Waals surface area contributed by atoms with Gasteiger partial charge in [-0.25, -0.2) is 8.42 Å². The number of H-pyrrole nitrogens is 1. The highest BCUT2D eigenvalue weighted by molar-refractivity contribution is 7.91. The van der Waals surface area contributed by atoms with Gasteiger partial charge in [-0.05, 0) is 98.2 Å². The number of amides is 1. The zero-order valence-electron chi connectivity index (χ0n) is 40.6. The number of likely N-dealkylation sites (tertiary alicyclic amines) is 2. The Hall–Kier alpha value is -5.99. The molecule has 0 unspecified atom stereocenters. The molecule has 7 aliphatic heterocycles. The Labute approximate surface area is 418 Å². The lowest BCUT2D eigenvalue weighted by Gasteiger charge is -2.56. The minimum atomic E-state index is -4.77. The first-order chi connectivity index (χ1) is 34.8. The number of aromatic amines is 1. The number of hydrogen-bond donors (Lipinski definition) is 3. The van der Waals surface area contributed by atoms with Crippen molar-refractivity contribution in [3.05, 3.63) is 93.7 Å². The first-order valence-corrected chi connectivity index (χ1v) is 27.2. The minimum absolute atomic E-state index is 0.0336. The largest absolute Gasteiger partial charge is 0.489 e. The van der Waals surface area contributed by atoms with Gasteiger partial charge < -0.3 is 44.8 Å². The topological polar surface area (TPSA) is 211 Å². The van der Waals surface area contributed by atoms with E-state index in [1.54, 1.807) is 18.3 Å². The lowest BCUT2D eigenvalue weighted by Crippen LogP contribution is -2.55. The van der Waals surface area contributed by atoms with Gasteiger partial charge >= 0.3 is 0 Å². The molecule has 6 fully saturated rings. The van der Waals surface area contributed by atoms with Gasteiger partial charge in [-0.2, -0.15) is 4.98 Å². The van der Waals surface area contributed by atoms with Crippen molar-refractivity contribution in [2.24, 2.45) is 11.1 Å². The summed E-state index contributed by atoms with van der Waals surface area (Å²) in [4.78, 5) is 42.8. The van der Waals surface area contributed by atoms with Gasteiger partial charge in [0.25, 0.3) is 11.6 Å². The van der Waals surface area contributed by atoms with Crippen LogP contribution in [-0.4, -0.2) is 135 Å². The van der Waals surface area contributed by atoms with Gasteiger partial charge in [-0.15, -0.1) is 0 Å². The van der Waals surface area contributed by atoms with Gasteiger partial charge in [0.2, 0.25) is 15.7 Å². The van der Waals surface area contributed by atoms with E-state index < -0.39 is 38.5 Å². The van der Waals surface area contributed by atoms with E-state index in [9.17, 15) is 14.9 Å². The molecule has 1 aliphatic carbocycles. The molecule has 13 rings (SSSR count). The number of nitrogens with two attached hydrogens (primary N) is 1. The monoisotopic (exact) mass is 999 g/mol. The molecule has 5 aromatic rings. The highest BCUT2D eigenvalue weighted by Gasteiger charge is 2.52. The van der Waals surface area contributed by atoms with Crippen molar-refractivity contribution in [1.29, 1.82) is 0 Å². The van der Waals surface area contributed by atoms with Crippen LogP contribution >= 0.6 is 0 Å². The van der Waals surface area contributed by atoms with E-state index in [-0.39, 0.29) is 81.8 Å². The number of nitrogens with zero attached hydrogens (tertiary/aromatic N) is 6. The number of sulfone groups is 1. The van der Waals surface area contributed by atoms with Crippen molar-refractivity contribution in [3.8, 4) is 11.6 Å². The zero-order valence-corrected chi connectivity index (χ0v) is 41.4. The van der Waals surface area contributed by atoms with Crippen molar-refractivity contribution < 1.29 is 37.1 Å². The average Bonchev–Trinajstić information content (AvgIpc) is 4.24. The summed E-state index contributed by atoms with van der Waals surface area (Å²) < 4.78 is 56.8. The number of benzene rings is 3. The molecule has 378 valence electrons. The van der Waals surface area contributed by atoms with Crippen molar-refractivity contribution in [3.63, 3.8) is 0 Å². The summed E-state index contributed by atoms with van der Waals surface area (Å²) in [5, 5.41) is 17.2. The maximum Gasteiger partial charge on any atom is 0.297 e. The summed E-state index contributed by atoms with van der Waals surface area (Å²) >= 11 is 0. The number of pyridine rings is 1. The summed E-state index contributed by atoms with van der Waals surface area (Å²) in [7, 11) is -4.77. The second-order valence-corrected chi connectivity index (χ2v) is 23.7. The van der Waals surface area contributed by atoms with E-state index in [4.69, 9.17) is 29.7 Å². The molecule has 0 radical (unpaired) electrons. The van der Waals surface area contributed by atoms with Gasteiger partial charge in [0, 0.05) is 68.0 Å². The number of primary amides is 1. The quantitative estimate of drug-likeness (QED) is 0.0894. The lowest BCUT2D eigenvalue weighted by molar-refractivity contribution is -0.384. The molecule has 5 saturated heterocycles. The fourth-order valence-electron chi connectivity index (χ4n) is 13.7. The van der Waals surface area contributed by atoms with Crippen LogP contribution in [0.4, 0.5) is 28.4 Å². The molecular formula is C53H61N9O9S. The standard InChI is InChI=1S/C53H61N9O9S/c1-30(2)37-6-3-4-7-38(37)40-8-5-15-60(40)34-22-53(23-34)12-16-58(17-13-53)41-10-9-39(50(54)63)48(61-43-18-31-11-14-55-51(31)57-52(43)71-46-29-68-28-44(46)61)49(41)72(66,67)36-20-42(62(64)65)47-45(21-36)70-26-32(56-47)24-59-25-35-19-33(59)27-69-35/h3-4,6-7,9-11,14,18,20-21,30,32-35,40,44,46,56H,5,8,12-13,15-17,19,22-29H2,1-2H3,(H2,54,63)(H,55,57)/t32-,33+,35+,40+,44+,46+/m1/s1. The summed E-state index contributed by atoms with van der Waals surface area (Å²) in [6.07, 6.45) is 8.51. The van der Waals surface area contributed by atoms with E-state index >= 15 is 8.42 Å². The number of hydrogen-bond acceptors (Lipinski definition) is 15. The van der Waals surface area contributed by atoms with Crippen LogP contribution in [-0.2, 0) is 19.3 Å². The van der Waals surface area contributed by atoms with Crippen molar-refractivity contribution in [2.45, 2.75) is 117 Å². The first-order valence-electron chi connectivity index (χ1n) is 25.7. The normalized spacial score (nSPS) is 26.8. The number of rotatable bonds is 11. The van der Waals surface area contributed by atoms with Gasteiger partial charge in [-0.3, -0.25) is 24.7 Å². The number of piperidine rings is 1. The number of nitrogens with one attached hydrogen (secondary N) is 2. The third kappa shape index (κ3) is 7.51. The third-order valence-corrected chi connectivity index (χ3v) is 19.1. The van der Waals surface area contributed by atoms with Crippen molar-refractivity contribution in [1.82, 2.24) is 19.8 Å². The number of carbonyl (C=O) groups excluding carboxylic acids is 1. The zero-order chi connectivity index (χ0) is 49.2. The van der Waals surface area contributed by atoms with Crippen LogP contribution in [0.25, 0.3) is 11.0 Å². The van der Waals surface area contributed by atoms with E-state index in [1.165, 1.54) is 23.6 Å². The Kier molecular flexibility index (Phi) is 11.0. The molecule has 1 spiro atoms. The summed E-state index contributed by atoms with van der Waals surface area (Å²) in [6, 6.07) is 18.7. The molecule has 18 nitrogen and oxygen atoms in total. The van der Waals surface area contributed by atoms with Crippen LogP contribution in [0.5, 0.6) is 11.6 Å². The van der Waals surface area contributed by atoms with E-state index in [2.05, 4.69) is 63.1 Å². The number of aromatic nitrogens is 2. The average molecular weight is 1000 g/mol. The van der Waals surface area contributed by atoms with Crippen molar-refractivity contribution >= 4 is 55.2 Å². The fraction of sp³-hybridized carbons (Fsp3) is 0.509. The molecule has 2 aromatic heterocycles. The molecule has 19 heteroatoms. The third-order valence-electron chi connectivity index (χ3n) is 17.3. The summed E-state index contributed by atoms with van der Waals surface area (Å²) in [5.74, 6) is -0.0940. The van der Waals surface area contributed by atoms with Crippen LogP contribution < -0.4 is 30.3 Å². The highest BCUT2D eigenvalue weighted by Crippen LogP contribution is 2.56. The lowest BCUT2D eigenvalue weighted by atomic mass is 9.59. The summed E-state index contributed by atoms with van der Waals surface area (Å²) in [5.41, 5.74) is 10.4. The number of nitro groups is 1. The highest BCUT2D eigenvalue weighted by atomic mass is 32.2. The molecule has 9 heterocycles. The number of morpholine rings is 1. The van der Waals surface area contributed by atoms with Crippen LogP contribution in [0, 0.1) is 15.5 Å². The number of ether oxygens (including phenoxy) is 4. The SMILES string of the molecule is CC(C)c1ccccc1[C@@H]1CCCN1C1CC2(CCN(c3ccc(C(N)=O)c(N4c5cc6cc[nH]c6nc5O[C@H]5COC[C@@H]54)c3S(=O)(=O)c3cc4c(c([N+](=O)[O-])c3)N[C@H](CN3C[C@@H]5C[C@H]3CO5)CO4)CC2)C1. The predicted molar refractivity (Wildman–Crippen MR) is 270 cm³/mol. The smallest absolute Gasteiger partial charge is 0.297 e. The molecule has 72 heavy (non-hydrogen) atoms. The van der Waals surface area contributed by atoms with Crippen LogP contribution in [0.1, 0.15) is 92.2 Å². The number of carbonyl (C=O) groups is 1. The Bertz CT molecular complexity index is 3110. The fourth-order valence-corrected chi connectivity index (χ4v) is 15.4. The van der Waals surface area contributed by atoms with Gasteiger partial charge in [-0.1, -0.05) is 38.1 Å². The van der Waals surface area contributed by atoms with Crippen LogP contribution in [0.15, 0.2) is 76.7 Å². The molecule has 4 N–H and O–H groups in total. The van der Waals surface area contributed by atoms with Gasteiger partial charge in [0.05, 0.1) is 64.8 Å². The minimum Gasteiger partial charge on any atom is -0.489 e. The second-order valence-electron chi connectivity index (χ2n) is 21.8. The van der Waals surface area contributed by atoms with Gasteiger partial charge in [0.1, 0.15) is 28.9 Å². The Morgan fingerprint density at radius 2 is 1.83 bits per heavy atom. The predicted octanol–water partition coefficient (Wildman–Crippen LogP) is 7.06. The maximum atomic E-state index is 16.1. The second kappa shape index (κ2) is 17.3. The Balaban J connectivity index is 0.883. The Morgan fingerprint density at radius 3 is 2.60 bits per heavy atom. The molecule has 6 atom stereocenters. The number of fused-ring (bicyclic) bond motifs is 6. The molecule has 1 amide bonds. The molecule has 8 aliphatic rings. The number of nitro benzene ring substituents is 1. The molecule has 1 saturated carbocycles. The molecular weight excluding hydrogens is 939 g/mol. The van der Waals surface area contributed by atoms with E-state index in [1.807, 2.05) is 17.0 Å². The van der Waals surface area contributed by atoms with E-state index in [0.717, 1.165) is 63.1 Å². The van der Waals surface area contributed by atoms with Crippen molar-refractivity contribution in [2.75, 3.05) is 74.3 Å². The molecule has 3 aromatic carbocycles. The van der Waals surface area contributed by atoms with Gasteiger partial charge in [0.15, 0.2) is 11.4 Å². The number of anilines is 4. The van der Waals surface area contributed by atoms with E-state index in [0.29, 0.717) is 61.3 Å². The van der Waals surface area contributed by atoms with Crippen LogP contribution in [0.3, 0.4) is 0 Å². The molecule has 2 bridgehead atoms. The first kappa shape index (κ1) is 45.8. The van der Waals surface area contributed by atoms with Crippen LogP contribution in [0.2, 0.25) is 0 Å².